The number of benzene rings is 1. The predicted octanol–water partition coefficient (Wildman–Crippen LogP) is 1.80. The second kappa shape index (κ2) is 3.62. The number of thioether (sulfide) groups is 1. The summed E-state index contributed by atoms with van der Waals surface area (Å²) in [5, 5.41) is 20.1. The fraction of sp³-hybridized carbons (Fsp3) is 0.182. The summed E-state index contributed by atoms with van der Waals surface area (Å²) >= 11 is 1.62. The lowest BCUT2D eigenvalue weighted by molar-refractivity contribution is -0.652. The molecule has 0 spiro atoms. The fourth-order valence-corrected chi connectivity index (χ4v) is 2.23. The van der Waals surface area contributed by atoms with Crippen LogP contribution in [0.3, 0.4) is 0 Å². The van der Waals surface area contributed by atoms with Gasteiger partial charge in [-0.15, -0.1) is 11.8 Å². The molecule has 3 nitrogen and oxygen atoms in total. The van der Waals surface area contributed by atoms with E-state index in [0.717, 1.165) is 15.8 Å². The van der Waals surface area contributed by atoms with Gasteiger partial charge in [0.25, 0.3) is 0 Å². The molecule has 0 atom stereocenters. The van der Waals surface area contributed by atoms with Gasteiger partial charge in [-0.2, -0.15) is 4.57 Å². The summed E-state index contributed by atoms with van der Waals surface area (Å²) in [4.78, 5) is 1.08. The first kappa shape index (κ1) is 10.1. The van der Waals surface area contributed by atoms with E-state index in [0.29, 0.717) is 0 Å². The maximum absolute atomic E-state index is 9.57. The zero-order valence-corrected chi connectivity index (χ0v) is 9.38. The minimum atomic E-state index is -0.110. The number of fused-ring (bicyclic) bond motifs is 1. The summed E-state index contributed by atoms with van der Waals surface area (Å²) < 4.78 is 1.57. The van der Waals surface area contributed by atoms with Gasteiger partial charge in [0.05, 0.1) is 5.39 Å². The van der Waals surface area contributed by atoms with Gasteiger partial charge in [0, 0.05) is 17.0 Å². The molecule has 0 fully saturated rings. The molecule has 0 amide bonds. The average Bonchev–Trinajstić information content (AvgIpc) is 2.25. The number of aryl methyl sites for hydroxylation is 1. The number of aromatic hydroxyl groups is 2. The number of hydrogen-bond acceptors (Lipinski definition) is 3. The monoisotopic (exact) mass is 222 g/mol. The second-order valence-corrected chi connectivity index (χ2v) is 4.15. The van der Waals surface area contributed by atoms with Gasteiger partial charge in [0.1, 0.15) is 7.05 Å². The maximum atomic E-state index is 9.57. The standard InChI is InChI=1S/C11H11NO2S/c1-12-8-4-3-5-10(15-2)7(8)6-9(13)11(12)14/h3-6,13H,1-2H3/p+1. The van der Waals surface area contributed by atoms with Gasteiger partial charge < -0.3 is 10.2 Å². The highest BCUT2D eigenvalue weighted by molar-refractivity contribution is 7.98. The lowest BCUT2D eigenvalue weighted by Crippen LogP contribution is -2.29. The molecule has 4 heteroatoms. The zero-order valence-electron chi connectivity index (χ0n) is 8.56. The molecule has 0 aliphatic heterocycles. The molecule has 0 radical (unpaired) electrons. The van der Waals surface area contributed by atoms with Crippen LogP contribution in [-0.4, -0.2) is 16.5 Å². The molecule has 78 valence electrons. The number of nitrogens with zero attached hydrogens (tertiary/aromatic N) is 1. The van der Waals surface area contributed by atoms with Crippen molar-refractivity contribution < 1.29 is 14.8 Å². The van der Waals surface area contributed by atoms with Gasteiger partial charge in [0.15, 0.2) is 0 Å². The highest BCUT2D eigenvalue weighted by atomic mass is 32.2. The van der Waals surface area contributed by atoms with Crippen molar-refractivity contribution >= 4 is 22.7 Å². The van der Waals surface area contributed by atoms with Gasteiger partial charge in [-0.25, -0.2) is 0 Å². The summed E-state index contributed by atoms with van der Waals surface area (Å²) in [5.74, 6) is -0.202. The van der Waals surface area contributed by atoms with Gasteiger partial charge in [-0.1, -0.05) is 6.07 Å². The average molecular weight is 222 g/mol. The number of pyridine rings is 1. The molecule has 2 aromatic rings. The first-order chi connectivity index (χ1) is 7.15. The first-order valence-electron chi connectivity index (χ1n) is 4.53. The normalized spacial score (nSPS) is 10.8. The summed E-state index contributed by atoms with van der Waals surface area (Å²) in [5.41, 5.74) is 0.900. The Morgan fingerprint density at radius 2 is 2.00 bits per heavy atom. The third kappa shape index (κ3) is 1.51. The van der Waals surface area contributed by atoms with Crippen LogP contribution in [0.2, 0.25) is 0 Å². The molecule has 1 heterocycles. The van der Waals surface area contributed by atoms with Crippen LogP contribution < -0.4 is 4.57 Å². The second-order valence-electron chi connectivity index (χ2n) is 3.31. The Labute approximate surface area is 92.0 Å². The third-order valence-electron chi connectivity index (χ3n) is 2.45. The zero-order chi connectivity index (χ0) is 11.0. The van der Waals surface area contributed by atoms with E-state index in [1.165, 1.54) is 0 Å². The van der Waals surface area contributed by atoms with Crippen molar-refractivity contribution in [1.29, 1.82) is 0 Å². The van der Waals surface area contributed by atoms with Crippen molar-refractivity contribution in [3.8, 4) is 11.6 Å². The minimum Gasteiger partial charge on any atom is -0.500 e. The highest BCUT2D eigenvalue weighted by Crippen LogP contribution is 2.30. The van der Waals surface area contributed by atoms with Crippen molar-refractivity contribution in [3.63, 3.8) is 0 Å². The Kier molecular flexibility index (Phi) is 2.44. The topological polar surface area (TPSA) is 44.3 Å². The van der Waals surface area contributed by atoms with E-state index in [1.54, 1.807) is 29.4 Å². The van der Waals surface area contributed by atoms with Crippen molar-refractivity contribution in [1.82, 2.24) is 0 Å². The number of aromatic nitrogens is 1. The molecule has 1 aromatic carbocycles. The summed E-state index contributed by atoms with van der Waals surface area (Å²) in [6, 6.07) is 7.43. The molecule has 0 saturated heterocycles. The molecular formula is C11H12NO2S+. The van der Waals surface area contributed by atoms with Crippen LogP contribution in [0.1, 0.15) is 0 Å². The molecule has 2 N–H and O–H groups in total. The van der Waals surface area contributed by atoms with E-state index in [2.05, 4.69) is 0 Å². The van der Waals surface area contributed by atoms with Gasteiger partial charge in [-0.05, 0) is 12.3 Å². The van der Waals surface area contributed by atoms with Crippen LogP contribution >= 0.6 is 11.8 Å². The minimum absolute atomic E-state index is 0.0912. The number of hydrogen-bond donors (Lipinski definition) is 2. The summed E-state index contributed by atoms with van der Waals surface area (Å²) in [6.45, 7) is 0. The van der Waals surface area contributed by atoms with Crippen LogP contribution in [0.25, 0.3) is 10.9 Å². The molecule has 1 aromatic heterocycles. The van der Waals surface area contributed by atoms with Crippen LogP contribution in [0.4, 0.5) is 0 Å². The van der Waals surface area contributed by atoms with Crippen LogP contribution in [-0.2, 0) is 7.05 Å². The lowest BCUT2D eigenvalue weighted by atomic mass is 10.2. The van der Waals surface area contributed by atoms with Gasteiger partial charge in [-0.3, -0.25) is 0 Å². The van der Waals surface area contributed by atoms with Gasteiger partial charge >= 0.3 is 5.88 Å². The van der Waals surface area contributed by atoms with Crippen LogP contribution in [0.5, 0.6) is 11.6 Å². The smallest absolute Gasteiger partial charge is 0.409 e. The summed E-state index contributed by atoms with van der Waals surface area (Å²) in [7, 11) is 1.72. The predicted molar refractivity (Wildman–Crippen MR) is 60.2 cm³/mol. The van der Waals surface area contributed by atoms with Crippen LogP contribution in [0.15, 0.2) is 29.2 Å². The Hall–Kier alpha value is -1.42. The lowest BCUT2D eigenvalue weighted by Gasteiger charge is -2.03. The first-order valence-corrected chi connectivity index (χ1v) is 5.75. The number of rotatable bonds is 1. The van der Waals surface area contributed by atoms with Crippen molar-refractivity contribution in [3.05, 3.63) is 24.3 Å². The molecule has 2 rings (SSSR count). The van der Waals surface area contributed by atoms with Crippen molar-refractivity contribution in [2.45, 2.75) is 4.90 Å². The van der Waals surface area contributed by atoms with E-state index >= 15 is 0 Å². The molecule has 15 heavy (non-hydrogen) atoms. The van der Waals surface area contributed by atoms with Crippen LogP contribution in [0, 0.1) is 0 Å². The third-order valence-corrected chi connectivity index (χ3v) is 3.25. The van der Waals surface area contributed by atoms with E-state index in [-0.39, 0.29) is 11.6 Å². The quantitative estimate of drug-likeness (QED) is 0.571. The molecular weight excluding hydrogens is 210 g/mol. The molecule has 0 aliphatic rings. The van der Waals surface area contributed by atoms with E-state index in [1.807, 2.05) is 24.5 Å². The van der Waals surface area contributed by atoms with Crippen molar-refractivity contribution in [2.24, 2.45) is 7.05 Å². The Bertz CT molecular complexity index is 525. The molecule has 0 aliphatic carbocycles. The van der Waals surface area contributed by atoms with Gasteiger partial charge in [0.2, 0.25) is 11.3 Å². The Morgan fingerprint density at radius 3 is 2.67 bits per heavy atom. The molecule has 0 unspecified atom stereocenters. The largest absolute Gasteiger partial charge is 0.500 e. The van der Waals surface area contributed by atoms with E-state index in [9.17, 15) is 10.2 Å². The van der Waals surface area contributed by atoms with E-state index < -0.39 is 0 Å². The Balaban J connectivity index is 2.91. The van der Waals surface area contributed by atoms with E-state index in [4.69, 9.17) is 0 Å². The summed E-state index contributed by atoms with van der Waals surface area (Å²) in [6.07, 6.45) is 1.98. The molecule has 0 bridgehead atoms. The molecule has 0 saturated carbocycles. The fourth-order valence-electron chi connectivity index (χ4n) is 1.64. The van der Waals surface area contributed by atoms with Crippen molar-refractivity contribution in [2.75, 3.05) is 6.26 Å². The Morgan fingerprint density at radius 1 is 1.27 bits per heavy atom. The SMILES string of the molecule is CSc1cccc2c1cc(O)c(O)[n+]2C. The maximum Gasteiger partial charge on any atom is 0.409 e. The highest BCUT2D eigenvalue weighted by Gasteiger charge is 2.17.